The molecule has 3 rings (SSSR count). The van der Waals surface area contributed by atoms with Gasteiger partial charge in [-0.05, 0) is 50.6 Å². The number of carbonyl (C=O) groups is 1. The summed E-state index contributed by atoms with van der Waals surface area (Å²) in [5.41, 5.74) is 3.10. The van der Waals surface area contributed by atoms with Gasteiger partial charge in [0.1, 0.15) is 5.75 Å². The van der Waals surface area contributed by atoms with Crippen LogP contribution in [-0.2, 0) is 0 Å². The lowest BCUT2D eigenvalue weighted by molar-refractivity contribution is 0.0930. The number of ether oxygens (including phenoxy) is 1. The first-order valence-corrected chi connectivity index (χ1v) is 9.91. The molecule has 1 saturated heterocycles. The lowest BCUT2D eigenvalue weighted by Gasteiger charge is -2.31. The molecule has 0 saturated carbocycles. The van der Waals surface area contributed by atoms with Crippen LogP contribution in [0.3, 0.4) is 0 Å². The normalized spacial score (nSPS) is 16.4. The van der Waals surface area contributed by atoms with Crippen LogP contribution in [0.15, 0.2) is 48.5 Å². The molecule has 2 aromatic carbocycles. The largest absolute Gasteiger partial charge is 0.496 e. The Bertz CT molecular complexity index is 734. The number of nitrogens with zero attached hydrogens (tertiary/aromatic N) is 1. The van der Waals surface area contributed by atoms with Gasteiger partial charge >= 0.3 is 0 Å². The number of methoxy groups -OCH3 is 1. The van der Waals surface area contributed by atoms with Crippen LogP contribution in [0.5, 0.6) is 5.75 Å². The number of nitrogens with one attached hydrogen (secondary N) is 1. The number of aryl methyl sites for hydroxylation is 1. The highest BCUT2D eigenvalue weighted by Gasteiger charge is 2.23. The second-order valence-corrected chi connectivity index (χ2v) is 7.29. The zero-order chi connectivity index (χ0) is 19.1. The molecule has 0 bridgehead atoms. The molecule has 4 heteroatoms. The van der Waals surface area contributed by atoms with Gasteiger partial charge in [0.05, 0.1) is 18.7 Å². The van der Waals surface area contributed by atoms with Crippen molar-refractivity contribution in [3.63, 3.8) is 0 Å². The van der Waals surface area contributed by atoms with E-state index in [0.717, 1.165) is 13.1 Å². The van der Waals surface area contributed by atoms with Gasteiger partial charge in [-0.25, -0.2) is 0 Å². The molecule has 0 aliphatic carbocycles. The van der Waals surface area contributed by atoms with Crippen molar-refractivity contribution in [1.29, 1.82) is 0 Å². The minimum atomic E-state index is -0.0839. The topological polar surface area (TPSA) is 41.6 Å². The number of rotatable bonds is 6. The molecule has 2 aromatic rings. The van der Waals surface area contributed by atoms with E-state index in [1.54, 1.807) is 13.2 Å². The molecule has 1 atom stereocenters. The third-order valence-electron chi connectivity index (χ3n) is 5.35. The highest BCUT2D eigenvalue weighted by atomic mass is 16.5. The molecule has 1 fully saturated rings. The molecule has 1 heterocycles. The van der Waals surface area contributed by atoms with Crippen molar-refractivity contribution in [3.05, 3.63) is 65.2 Å². The summed E-state index contributed by atoms with van der Waals surface area (Å²) in [7, 11) is 1.60. The van der Waals surface area contributed by atoms with Gasteiger partial charge in [0.15, 0.2) is 0 Å². The van der Waals surface area contributed by atoms with Gasteiger partial charge < -0.3 is 10.1 Å². The van der Waals surface area contributed by atoms with Crippen molar-refractivity contribution in [3.8, 4) is 5.75 Å². The predicted octanol–water partition coefficient (Wildman–Crippen LogP) is 4.35. The van der Waals surface area contributed by atoms with E-state index >= 15 is 0 Å². The third kappa shape index (κ3) is 5.10. The summed E-state index contributed by atoms with van der Waals surface area (Å²) in [5.74, 6) is 0.524. The van der Waals surface area contributed by atoms with Crippen molar-refractivity contribution in [1.82, 2.24) is 10.2 Å². The van der Waals surface area contributed by atoms with E-state index in [1.165, 1.54) is 36.8 Å². The van der Waals surface area contributed by atoms with Crippen LogP contribution >= 0.6 is 0 Å². The van der Waals surface area contributed by atoms with Crippen molar-refractivity contribution in [2.24, 2.45) is 0 Å². The predicted molar refractivity (Wildman–Crippen MR) is 109 cm³/mol. The Morgan fingerprint density at radius 2 is 1.70 bits per heavy atom. The maximum Gasteiger partial charge on any atom is 0.255 e. The molecule has 27 heavy (non-hydrogen) atoms. The minimum absolute atomic E-state index is 0.0839. The highest BCUT2D eigenvalue weighted by molar-refractivity contribution is 5.96. The van der Waals surface area contributed by atoms with Crippen LogP contribution in [0.2, 0.25) is 0 Å². The Balaban J connectivity index is 1.76. The molecule has 1 aliphatic rings. The van der Waals surface area contributed by atoms with Crippen LogP contribution in [0, 0.1) is 6.92 Å². The fourth-order valence-electron chi connectivity index (χ4n) is 3.77. The lowest BCUT2D eigenvalue weighted by atomic mass is 10.0. The number of hydrogen-bond acceptors (Lipinski definition) is 3. The summed E-state index contributed by atoms with van der Waals surface area (Å²) in [6.45, 7) is 4.88. The Morgan fingerprint density at radius 3 is 2.37 bits per heavy atom. The van der Waals surface area contributed by atoms with Gasteiger partial charge in [0.2, 0.25) is 0 Å². The summed E-state index contributed by atoms with van der Waals surface area (Å²) in [6.07, 6.45) is 5.04. The summed E-state index contributed by atoms with van der Waals surface area (Å²) in [6, 6.07) is 16.3. The van der Waals surface area contributed by atoms with Crippen molar-refractivity contribution in [2.45, 2.75) is 38.6 Å². The zero-order valence-corrected chi connectivity index (χ0v) is 16.4. The third-order valence-corrected chi connectivity index (χ3v) is 5.35. The molecule has 1 N–H and O–H groups in total. The molecule has 0 aromatic heterocycles. The van der Waals surface area contributed by atoms with E-state index in [-0.39, 0.29) is 11.9 Å². The van der Waals surface area contributed by atoms with Crippen molar-refractivity contribution >= 4 is 5.91 Å². The van der Waals surface area contributed by atoms with Crippen molar-refractivity contribution < 1.29 is 9.53 Å². The molecular formula is C23H30N2O2. The average Bonchev–Trinajstić information content (AvgIpc) is 2.98. The van der Waals surface area contributed by atoms with Crippen LogP contribution in [0.25, 0.3) is 0 Å². The molecule has 0 spiro atoms. The van der Waals surface area contributed by atoms with E-state index in [4.69, 9.17) is 4.74 Å². The van der Waals surface area contributed by atoms with E-state index in [0.29, 0.717) is 17.9 Å². The average molecular weight is 367 g/mol. The number of hydrogen-bond donors (Lipinski definition) is 1. The Morgan fingerprint density at radius 1 is 1.04 bits per heavy atom. The quantitative estimate of drug-likeness (QED) is 0.826. The summed E-state index contributed by atoms with van der Waals surface area (Å²) >= 11 is 0. The number of para-hydroxylation sites is 1. The standard InChI is InChI=1S/C23H30N2O2/c1-18-11-13-19(14-12-18)21(25-15-7-3-4-8-16-25)17-24-23(26)20-9-5-6-10-22(20)27-2/h5-6,9-14,21H,3-4,7-8,15-17H2,1-2H3,(H,24,26)/t21-/m1/s1. The van der Waals surface area contributed by atoms with E-state index in [9.17, 15) is 4.79 Å². The van der Waals surface area contributed by atoms with E-state index in [2.05, 4.69) is 41.4 Å². The Kier molecular flexibility index (Phi) is 6.88. The van der Waals surface area contributed by atoms with Gasteiger partial charge in [0, 0.05) is 6.54 Å². The number of amides is 1. The lowest BCUT2D eigenvalue weighted by Crippen LogP contribution is -2.38. The fraction of sp³-hybridized carbons (Fsp3) is 0.435. The second-order valence-electron chi connectivity index (χ2n) is 7.29. The number of carbonyl (C=O) groups excluding carboxylic acids is 1. The maximum absolute atomic E-state index is 12.8. The summed E-state index contributed by atoms with van der Waals surface area (Å²) in [4.78, 5) is 15.3. The highest BCUT2D eigenvalue weighted by Crippen LogP contribution is 2.25. The fourth-order valence-corrected chi connectivity index (χ4v) is 3.77. The smallest absolute Gasteiger partial charge is 0.255 e. The minimum Gasteiger partial charge on any atom is -0.496 e. The van der Waals surface area contributed by atoms with Crippen molar-refractivity contribution in [2.75, 3.05) is 26.7 Å². The summed E-state index contributed by atoms with van der Waals surface area (Å²) in [5, 5.41) is 3.14. The maximum atomic E-state index is 12.8. The van der Waals surface area contributed by atoms with Crippen LogP contribution in [0.1, 0.15) is 53.2 Å². The number of likely N-dealkylation sites (tertiary alicyclic amines) is 1. The second kappa shape index (κ2) is 9.56. The molecule has 0 radical (unpaired) electrons. The van der Waals surface area contributed by atoms with E-state index < -0.39 is 0 Å². The van der Waals surface area contributed by atoms with Gasteiger partial charge in [-0.15, -0.1) is 0 Å². The molecule has 1 amide bonds. The van der Waals surface area contributed by atoms with Crippen LogP contribution in [-0.4, -0.2) is 37.6 Å². The molecule has 0 unspecified atom stereocenters. The molecule has 4 nitrogen and oxygen atoms in total. The molecule has 1 aliphatic heterocycles. The van der Waals surface area contributed by atoms with E-state index in [1.807, 2.05) is 18.2 Å². The molecular weight excluding hydrogens is 336 g/mol. The first kappa shape index (κ1) is 19.4. The summed E-state index contributed by atoms with van der Waals surface area (Å²) < 4.78 is 5.33. The Labute approximate surface area is 162 Å². The first-order chi connectivity index (χ1) is 13.2. The van der Waals surface area contributed by atoms with Gasteiger partial charge in [0.25, 0.3) is 5.91 Å². The van der Waals surface area contributed by atoms with Gasteiger partial charge in [-0.2, -0.15) is 0 Å². The number of benzene rings is 2. The van der Waals surface area contributed by atoms with Gasteiger partial charge in [-0.3, -0.25) is 9.69 Å². The van der Waals surface area contributed by atoms with Crippen LogP contribution < -0.4 is 10.1 Å². The Hall–Kier alpha value is -2.33. The monoisotopic (exact) mass is 366 g/mol. The van der Waals surface area contributed by atoms with Crippen LogP contribution in [0.4, 0.5) is 0 Å². The first-order valence-electron chi connectivity index (χ1n) is 9.91. The molecule has 144 valence electrons. The zero-order valence-electron chi connectivity index (χ0n) is 16.4. The SMILES string of the molecule is COc1ccccc1C(=O)NC[C@H](c1ccc(C)cc1)N1CCCCCC1. The van der Waals surface area contributed by atoms with Gasteiger partial charge in [-0.1, -0.05) is 54.8 Å².